The Morgan fingerprint density at radius 1 is 1.21 bits per heavy atom. The molecule has 0 aliphatic rings. The number of hydrazone groups is 1. The molecule has 0 saturated carbocycles. The number of halogens is 3. The fraction of sp³-hybridized carbons (Fsp3) is 0.250. The second kappa shape index (κ2) is 8.72. The molecule has 0 bridgehead atoms. The number of benzene rings is 1. The van der Waals surface area contributed by atoms with Crippen molar-refractivity contribution >= 4 is 57.8 Å². The molecule has 0 unspecified atom stereocenters. The maximum atomic E-state index is 11.8. The van der Waals surface area contributed by atoms with Crippen LogP contribution in [0.4, 0.5) is 0 Å². The van der Waals surface area contributed by atoms with Gasteiger partial charge in [-0.1, -0.05) is 41.7 Å². The van der Waals surface area contributed by atoms with E-state index in [4.69, 9.17) is 39.5 Å². The minimum atomic E-state index is -0.399. The van der Waals surface area contributed by atoms with Gasteiger partial charge in [0.05, 0.1) is 25.7 Å². The first kappa shape index (κ1) is 19.1. The number of rotatable bonds is 6. The van der Waals surface area contributed by atoms with E-state index in [0.29, 0.717) is 10.0 Å². The summed E-state index contributed by atoms with van der Waals surface area (Å²) in [5, 5.41) is 4.98. The Labute approximate surface area is 159 Å². The Morgan fingerprint density at radius 3 is 2.58 bits per heavy atom. The number of ether oxygens (including phenoxy) is 1. The van der Waals surface area contributed by atoms with Gasteiger partial charge in [-0.05, 0) is 31.5 Å². The van der Waals surface area contributed by atoms with Gasteiger partial charge in [0, 0.05) is 10.9 Å². The quantitative estimate of drug-likeness (QED) is 0.408. The highest BCUT2D eigenvalue weighted by Gasteiger charge is 2.10. The zero-order valence-electron chi connectivity index (χ0n) is 13.0. The van der Waals surface area contributed by atoms with Crippen LogP contribution < -0.4 is 10.2 Å². The molecule has 0 aliphatic heterocycles. The average Bonchev–Trinajstić information content (AvgIpc) is 3.04. The molecule has 0 saturated heterocycles. The van der Waals surface area contributed by atoms with E-state index >= 15 is 0 Å². The molecular formula is C16H15Cl3N2O2S. The van der Waals surface area contributed by atoms with E-state index < -0.39 is 5.91 Å². The van der Waals surface area contributed by atoms with Crippen molar-refractivity contribution in [3.8, 4) is 5.75 Å². The van der Waals surface area contributed by atoms with Gasteiger partial charge in [-0.25, -0.2) is 5.43 Å². The molecule has 1 heterocycles. The van der Waals surface area contributed by atoms with Gasteiger partial charge in [-0.15, -0.1) is 11.3 Å². The van der Waals surface area contributed by atoms with Gasteiger partial charge < -0.3 is 4.74 Å². The largest absolute Gasteiger partial charge is 0.482 e. The first-order valence-corrected chi connectivity index (χ1v) is 9.05. The van der Waals surface area contributed by atoms with Gasteiger partial charge in [-0.2, -0.15) is 5.10 Å². The summed E-state index contributed by atoms with van der Waals surface area (Å²) >= 11 is 19.4. The monoisotopic (exact) mass is 404 g/mol. The molecule has 2 rings (SSSR count). The maximum absolute atomic E-state index is 11.8. The standard InChI is InChI=1S/C16H15Cl3N2O2S/c1-3-10-4-5-15(24-10)9(2)20-21-16(22)8-23-14-7-12(18)11(17)6-13(14)19/h4-7H,3,8H2,1-2H3,(H,21,22). The highest BCUT2D eigenvalue weighted by Crippen LogP contribution is 2.33. The van der Waals surface area contributed by atoms with Crippen molar-refractivity contribution < 1.29 is 9.53 Å². The minimum Gasteiger partial charge on any atom is -0.482 e. The summed E-state index contributed by atoms with van der Waals surface area (Å²) in [6.45, 7) is 3.69. The van der Waals surface area contributed by atoms with E-state index in [1.807, 2.05) is 13.0 Å². The lowest BCUT2D eigenvalue weighted by Gasteiger charge is -2.08. The number of aryl methyl sites for hydroxylation is 1. The third-order valence-corrected chi connectivity index (χ3v) is 5.40. The van der Waals surface area contributed by atoms with Crippen LogP contribution in [0.2, 0.25) is 15.1 Å². The average molecular weight is 406 g/mol. The molecule has 8 heteroatoms. The highest BCUT2D eigenvalue weighted by atomic mass is 35.5. The van der Waals surface area contributed by atoms with Crippen molar-refractivity contribution in [2.45, 2.75) is 20.3 Å². The Kier molecular flexibility index (Phi) is 6.92. The summed E-state index contributed by atoms with van der Waals surface area (Å²) in [5.41, 5.74) is 3.19. The van der Waals surface area contributed by atoms with Crippen molar-refractivity contribution in [3.63, 3.8) is 0 Å². The lowest BCUT2D eigenvalue weighted by atomic mass is 10.3. The van der Waals surface area contributed by atoms with E-state index in [1.165, 1.54) is 17.0 Å². The van der Waals surface area contributed by atoms with Crippen LogP contribution >= 0.6 is 46.1 Å². The molecule has 4 nitrogen and oxygen atoms in total. The van der Waals surface area contributed by atoms with Crippen LogP contribution in [-0.4, -0.2) is 18.2 Å². The number of hydrogen-bond acceptors (Lipinski definition) is 4. The van der Waals surface area contributed by atoms with Gasteiger partial charge in [0.2, 0.25) is 0 Å². The number of nitrogens with zero attached hydrogens (tertiary/aromatic N) is 1. The molecule has 0 fully saturated rings. The predicted molar refractivity (Wildman–Crippen MR) is 101 cm³/mol. The second-order valence-electron chi connectivity index (χ2n) is 4.84. The normalized spacial score (nSPS) is 11.5. The molecular weight excluding hydrogens is 391 g/mol. The molecule has 2 aromatic rings. The number of thiophene rings is 1. The minimum absolute atomic E-state index is 0.237. The Hall–Kier alpha value is -1.27. The molecule has 24 heavy (non-hydrogen) atoms. The Balaban J connectivity index is 1.91. The molecule has 0 spiro atoms. The van der Waals surface area contributed by atoms with Crippen LogP contribution in [0.5, 0.6) is 5.75 Å². The Bertz CT molecular complexity index is 775. The van der Waals surface area contributed by atoms with Crippen molar-refractivity contribution in [2.24, 2.45) is 5.10 Å². The zero-order chi connectivity index (χ0) is 17.7. The second-order valence-corrected chi connectivity index (χ2v) is 7.23. The van der Waals surface area contributed by atoms with Gasteiger partial charge in [0.25, 0.3) is 5.91 Å². The first-order chi connectivity index (χ1) is 11.4. The third-order valence-electron chi connectivity index (χ3n) is 3.05. The number of hydrogen-bond donors (Lipinski definition) is 1. The third kappa shape index (κ3) is 5.11. The van der Waals surface area contributed by atoms with Crippen molar-refractivity contribution in [3.05, 3.63) is 49.1 Å². The van der Waals surface area contributed by atoms with Gasteiger partial charge in [-0.3, -0.25) is 4.79 Å². The Morgan fingerprint density at radius 2 is 1.92 bits per heavy atom. The van der Waals surface area contributed by atoms with E-state index in [9.17, 15) is 4.79 Å². The van der Waals surface area contributed by atoms with Crippen LogP contribution in [0.15, 0.2) is 29.4 Å². The molecule has 0 radical (unpaired) electrons. The van der Waals surface area contributed by atoms with Crippen molar-refractivity contribution in [2.75, 3.05) is 6.61 Å². The van der Waals surface area contributed by atoms with Crippen LogP contribution in [0.3, 0.4) is 0 Å². The van der Waals surface area contributed by atoms with E-state index in [2.05, 4.69) is 23.5 Å². The van der Waals surface area contributed by atoms with Crippen LogP contribution in [0.1, 0.15) is 23.6 Å². The fourth-order valence-corrected chi connectivity index (χ4v) is 3.24. The van der Waals surface area contributed by atoms with Crippen LogP contribution in [0, 0.1) is 0 Å². The molecule has 1 aromatic carbocycles. The zero-order valence-corrected chi connectivity index (χ0v) is 16.1. The van der Waals surface area contributed by atoms with Crippen molar-refractivity contribution in [1.82, 2.24) is 5.43 Å². The van der Waals surface area contributed by atoms with Crippen molar-refractivity contribution in [1.29, 1.82) is 0 Å². The van der Waals surface area contributed by atoms with Crippen LogP contribution in [0.25, 0.3) is 0 Å². The van der Waals surface area contributed by atoms with Gasteiger partial charge >= 0.3 is 0 Å². The smallest absolute Gasteiger partial charge is 0.277 e. The lowest BCUT2D eigenvalue weighted by Crippen LogP contribution is -2.25. The molecule has 0 aliphatic carbocycles. The SMILES string of the molecule is CCc1ccc(C(C)=NNC(=O)COc2cc(Cl)c(Cl)cc2Cl)s1. The maximum Gasteiger partial charge on any atom is 0.277 e. The fourth-order valence-electron chi connectivity index (χ4n) is 1.75. The van der Waals surface area contributed by atoms with Gasteiger partial charge in [0.1, 0.15) is 5.75 Å². The number of carbonyl (C=O) groups is 1. The summed E-state index contributed by atoms with van der Waals surface area (Å²) in [7, 11) is 0. The van der Waals surface area contributed by atoms with Crippen LogP contribution in [-0.2, 0) is 11.2 Å². The molecule has 128 valence electrons. The van der Waals surface area contributed by atoms with Gasteiger partial charge in [0.15, 0.2) is 6.61 Å². The summed E-state index contributed by atoms with van der Waals surface area (Å²) < 4.78 is 5.34. The number of amides is 1. The number of carbonyl (C=O) groups excluding carboxylic acids is 1. The molecule has 1 amide bonds. The summed E-state index contributed by atoms with van der Waals surface area (Å²) in [5.74, 6) is -0.114. The lowest BCUT2D eigenvalue weighted by molar-refractivity contribution is -0.123. The molecule has 1 N–H and O–H groups in total. The molecule has 0 atom stereocenters. The summed E-state index contributed by atoms with van der Waals surface area (Å²) in [4.78, 5) is 14.1. The summed E-state index contributed by atoms with van der Waals surface area (Å²) in [6, 6.07) is 6.96. The highest BCUT2D eigenvalue weighted by molar-refractivity contribution is 7.14. The predicted octanol–water partition coefficient (Wildman–Crippen LogP) is 5.19. The molecule has 1 aromatic heterocycles. The topological polar surface area (TPSA) is 50.7 Å². The van der Waals surface area contributed by atoms with E-state index in [1.54, 1.807) is 11.3 Å². The number of nitrogens with one attached hydrogen (secondary N) is 1. The van der Waals surface area contributed by atoms with E-state index in [0.717, 1.165) is 17.0 Å². The van der Waals surface area contributed by atoms with E-state index in [-0.39, 0.29) is 17.4 Å². The summed E-state index contributed by atoms with van der Waals surface area (Å²) in [6.07, 6.45) is 0.975. The first-order valence-electron chi connectivity index (χ1n) is 7.10.